The number of rotatable bonds is 5. The molecule has 0 aliphatic rings. The summed E-state index contributed by atoms with van der Waals surface area (Å²) in [5.74, 6) is -1.03. The molecule has 7 heteroatoms. The Morgan fingerprint density at radius 1 is 1.42 bits per heavy atom. The van der Waals surface area contributed by atoms with Crippen molar-refractivity contribution in [1.29, 1.82) is 0 Å². The molecular weight excluding hydrogens is 281 g/mol. The van der Waals surface area contributed by atoms with Crippen molar-refractivity contribution >= 4 is 17.7 Å². The van der Waals surface area contributed by atoms with Gasteiger partial charge in [-0.15, -0.1) is 11.8 Å². The SMILES string of the molecule is CC(CO)CSc1ccc(C(F)(F)F)cc1C(=O)O. The van der Waals surface area contributed by atoms with Crippen LogP contribution < -0.4 is 0 Å². The Balaban J connectivity index is 3.02. The Bertz CT molecular complexity index is 460. The maximum atomic E-state index is 12.5. The third-order valence-corrected chi connectivity index (χ3v) is 3.78. The van der Waals surface area contributed by atoms with Gasteiger partial charge in [0.2, 0.25) is 0 Å². The van der Waals surface area contributed by atoms with E-state index in [-0.39, 0.29) is 23.0 Å². The molecule has 19 heavy (non-hydrogen) atoms. The first-order valence-corrected chi connectivity index (χ1v) is 6.42. The highest BCUT2D eigenvalue weighted by Gasteiger charge is 2.31. The Morgan fingerprint density at radius 2 is 2.05 bits per heavy atom. The van der Waals surface area contributed by atoms with Crippen molar-refractivity contribution in [3.63, 3.8) is 0 Å². The second-order valence-electron chi connectivity index (χ2n) is 4.11. The summed E-state index contributed by atoms with van der Waals surface area (Å²) in [5, 5.41) is 17.8. The Hall–Kier alpha value is -1.21. The van der Waals surface area contributed by atoms with E-state index in [1.165, 1.54) is 0 Å². The number of thioether (sulfide) groups is 1. The van der Waals surface area contributed by atoms with Gasteiger partial charge < -0.3 is 10.2 Å². The summed E-state index contributed by atoms with van der Waals surface area (Å²) in [6.07, 6.45) is -4.56. The fraction of sp³-hybridized carbons (Fsp3) is 0.417. The largest absolute Gasteiger partial charge is 0.478 e. The standard InChI is InChI=1S/C12H13F3O3S/c1-7(5-16)6-19-10-3-2-8(12(13,14)15)4-9(10)11(17)18/h2-4,7,16H,5-6H2,1H3,(H,17,18). The van der Waals surface area contributed by atoms with Gasteiger partial charge in [-0.1, -0.05) is 6.92 Å². The lowest BCUT2D eigenvalue weighted by molar-refractivity contribution is -0.137. The molecule has 1 aromatic rings. The summed E-state index contributed by atoms with van der Waals surface area (Å²) in [5.41, 5.74) is -1.35. The van der Waals surface area contributed by atoms with Gasteiger partial charge in [0.1, 0.15) is 0 Å². The highest BCUT2D eigenvalue weighted by molar-refractivity contribution is 7.99. The second kappa shape index (κ2) is 6.29. The lowest BCUT2D eigenvalue weighted by Crippen LogP contribution is -2.09. The molecule has 3 nitrogen and oxygen atoms in total. The van der Waals surface area contributed by atoms with Gasteiger partial charge in [-0.25, -0.2) is 4.79 Å². The number of carboxylic acids is 1. The molecule has 2 N–H and O–H groups in total. The van der Waals surface area contributed by atoms with E-state index in [1.807, 2.05) is 0 Å². The van der Waals surface area contributed by atoms with E-state index >= 15 is 0 Å². The van der Waals surface area contributed by atoms with E-state index in [0.29, 0.717) is 11.8 Å². The minimum absolute atomic E-state index is 0.0595. The molecule has 0 heterocycles. The number of hydrogen-bond donors (Lipinski definition) is 2. The van der Waals surface area contributed by atoms with Crippen molar-refractivity contribution < 1.29 is 28.2 Å². The van der Waals surface area contributed by atoms with Crippen LogP contribution in [0.2, 0.25) is 0 Å². The van der Waals surface area contributed by atoms with Crippen LogP contribution in [-0.4, -0.2) is 28.5 Å². The fourth-order valence-electron chi connectivity index (χ4n) is 1.28. The third-order valence-electron chi connectivity index (χ3n) is 2.37. The van der Waals surface area contributed by atoms with Gasteiger partial charge in [-0.05, 0) is 24.1 Å². The van der Waals surface area contributed by atoms with Crippen LogP contribution in [0.1, 0.15) is 22.8 Å². The molecule has 0 aliphatic carbocycles. The number of carbonyl (C=O) groups is 1. The van der Waals surface area contributed by atoms with Gasteiger partial charge in [0, 0.05) is 17.3 Å². The summed E-state index contributed by atoms with van der Waals surface area (Å²) in [7, 11) is 0. The van der Waals surface area contributed by atoms with Gasteiger partial charge >= 0.3 is 12.1 Å². The highest BCUT2D eigenvalue weighted by atomic mass is 32.2. The van der Waals surface area contributed by atoms with Crippen LogP contribution in [-0.2, 0) is 6.18 Å². The van der Waals surface area contributed by atoms with Crippen molar-refractivity contribution in [2.24, 2.45) is 5.92 Å². The zero-order valence-corrected chi connectivity index (χ0v) is 10.9. The first-order chi connectivity index (χ1) is 8.75. The third kappa shape index (κ3) is 4.43. The van der Waals surface area contributed by atoms with Gasteiger partial charge in [0.05, 0.1) is 11.1 Å². The minimum Gasteiger partial charge on any atom is -0.478 e. The van der Waals surface area contributed by atoms with Gasteiger partial charge in [-0.2, -0.15) is 13.2 Å². The monoisotopic (exact) mass is 294 g/mol. The zero-order chi connectivity index (χ0) is 14.6. The summed E-state index contributed by atoms with van der Waals surface area (Å²) in [4.78, 5) is 11.2. The maximum absolute atomic E-state index is 12.5. The van der Waals surface area contributed by atoms with E-state index in [0.717, 1.165) is 23.9 Å². The lowest BCUT2D eigenvalue weighted by Gasteiger charge is -2.12. The van der Waals surface area contributed by atoms with E-state index < -0.39 is 17.7 Å². The molecule has 0 amide bonds. The van der Waals surface area contributed by atoms with Crippen molar-refractivity contribution in [3.8, 4) is 0 Å². The van der Waals surface area contributed by atoms with E-state index in [4.69, 9.17) is 10.2 Å². The number of carboxylic acid groups (broad SMARTS) is 1. The molecule has 0 saturated heterocycles. The van der Waals surface area contributed by atoms with Crippen LogP contribution in [0.5, 0.6) is 0 Å². The molecule has 106 valence electrons. The molecule has 1 atom stereocenters. The van der Waals surface area contributed by atoms with Crippen LogP contribution >= 0.6 is 11.8 Å². The number of aromatic carboxylic acids is 1. The fourth-order valence-corrected chi connectivity index (χ4v) is 2.32. The zero-order valence-electron chi connectivity index (χ0n) is 10.1. The number of benzene rings is 1. The van der Waals surface area contributed by atoms with Crippen molar-refractivity contribution in [3.05, 3.63) is 29.3 Å². The second-order valence-corrected chi connectivity index (χ2v) is 5.17. The number of aliphatic hydroxyl groups excluding tert-OH is 1. The average Bonchev–Trinajstić information content (AvgIpc) is 2.34. The molecule has 1 unspecified atom stereocenters. The predicted octanol–water partition coefficient (Wildman–Crippen LogP) is 3.12. The number of aliphatic hydroxyl groups is 1. The topological polar surface area (TPSA) is 57.5 Å². The minimum atomic E-state index is -4.56. The van der Waals surface area contributed by atoms with E-state index in [1.54, 1.807) is 6.92 Å². The smallest absolute Gasteiger partial charge is 0.416 e. The summed E-state index contributed by atoms with van der Waals surface area (Å²) in [6.45, 7) is 1.70. The Labute approximate surface area is 112 Å². The number of alkyl halides is 3. The molecule has 0 bridgehead atoms. The van der Waals surface area contributed by atoms with Crippen LogP contribution in [0, 0.1) is 5.92 Å². The van der Waals surface area contributed by atoms with Crippen molar-refractivity contribution in [2.45, 2.75) is 18.0 Å². The predicted molar refractivity (Wildman–Crippen MR) is 65.4 cm³/mol. The van der Waals surface area contributed by atoms with Crippen molar-refractivity contribution in [2.75, 3.05) is 12.4 Å². The van der Waals surface area contributed by atoms with Crippen molar-refractivity contribution in [1.82, 2.24) is 0 Å². The number of halogens is 3. The Morgan fingerprint density at radius 3 is 2.53 bits per heavy atom. The maximum Gasteiger partial charge on any atom is 0.416 e. The van der Waals surface area contributed by atoms with E-state index in [9.17, 15) is 18.0 Å². The molecule has 0 radical (unpaired) electrons. The van der Waals surface area contributed by atoms with Crippen LogP contribution in [0.15, 0.2) is 23.1 Å². The Kier molecular flexibility index (Phi) is 5.25. The van der Waals surface area contributed by atoms with Crippen LogP contribution in [0.3, 0.4) is 0 Å². The normalized spacial score (nSPS) is 13.3. The molecular formula is C12H13F3O3S. The molecule has 0 aromatic heterocycles. The van der Waals surface area contributed by atoms with Gasteiger partial charge in [0.25, 0.3) is 0 Å². The lowest BCUT2D eigenvalue weighted by atomic mass is 10.1. The summed E-state index contributed by atoms with van der Waals surface area (Å²) in [6, 6.07) is 2.65. The quantitative estimate of drug-likeness (QED) is 0.819. The van der Waals surface area contributed by atoms with E-state index in [2.05, 4.69) is 0 Å². The average molecular weight is 294 g/mol. The molecule has 0 fully saturated rings. The van der Waals surface area contributed by atoms with Crippen LogP contribution in [0.25, 0.3) is 0 Å². The van der Waals surface area contributed by atoms with Crippen LogP contribution in [0.4, 0.5) is 13.2 Å². The number of hydrogen-bond acceptors (Lipinski definition) is 3. The molecule has 1 aromatic carbocycles. The first-order valence-electron chi connectivity index (χ1n) is 5.44. The first kappa shape index (κ1) is 15.8. The van der Waals surface area contributed by atoms with Gasteiger partial charge in [-0.3, -0.25) is 0 Å². The molecule has 0 spiro atoms. The summed E-state index contributed by atoms with van der Waals surface area (Å²) >= 11 is 1.12. The molecule has 0 saturated carbocycles. The summed E-state index contributed by atoms with van der Waals surface area (Å²) < 4.78 is 37.5. The molecule has 1 rings (SSSR count). The highest BCUT2D eigenvalue weighted by Crippen LogP contribution is 2.33. The molecule has 0 aliphatic heterocycles. The van der Waals surface area contributed by atoms with Gasteiger partial charge in [0.15, 0.2) is 0 Å².